The highest BCUT2D eigenvalue weighted by atomic mass is 19.1. The Labute approximate surface area is 101 Å². The van der Waals surface area contributed by atoms with Gasteiger partial charge in [-0.2, -0.15) is 0 Å². The van der Waals surface area contributed by atoms with Crippen LogP contribution >= 0.6 is 0 Å². The van der Waals surface area contributed by atoms with E-state index in [9.17, 15) is 8.78 Å². The molecule has 0 saturated heterocycles. The zero-order valence-corrected chi connectivity index (χ0v) is 10.3. The number of nitrogens with one attached hydrogen (secondary N) is 1. The molecule has 0 aliphatic rings. The van der Waals surface area contributed by atoms with Crippen molar-refractivity contribution < 1.29 is 13.5 Å². The number of benzene rings is 1. The summed E-state index contributed by atoms with van der Waals surface area (Å²) in [6, 6.07) is 3.62. The SMILES string of the molecule is CCCC(C)NCCOc1cc(F)cc(F)c1. The molecule has 0 aliphatic heterocycles. The van der Waals surface area contributed by atoms with E-state index in [2.05, 4.69) is 19.2 Å². The fourth-order valence-electron chi connectivity index (χ4n) is 1.62. The molecule has 1 unspecified atom stereocenters. The van der Waals surface area contributed by atoms with Crippen molar-refractivity contribution >= 4 is 0 Å². The van der Waals surface area contributed by atoms with Crippen molar-refractivity contribution in [3.8, 4) is 5.75 Å². The number of ether oxygens (including phenoxy) is 1. The van der Waals surface area contributed by atoms with Gasteiger partial charge in [-0.3, -0.25) is 0 Å². The van der Waals surface area contributed by atoms with E-state index in [1.165, 1.54) is 12.1 Å². The van der Waals surface area contributed by atoms with Crippen molar-refractivity contribution in [3.63, 3.8) is 0 Å². The molecule has 96 valence electrons. The lowest BCUT2D eigenvalue weighted by Crippen LogP contribution is -2.29. The van der Waals surface area contributed by atoms with Gasteiger partial charge in [-0.25, -0.2) is 8.78 Å². The third-order valence-corrected chi connectivity index (χ3v) is 2.42. The predicted molar refractivity (Wildman–Crippen MR) is 64.2 cm³/mol. The first-order valence-electron chi connectivity index (χ1n) is 5.94. The smallest absolute Gasteiger partial charge is 0.129 e. The molecular formula is C13H19F2NO. The molecule has 0 aliphatic carbocycles. The summed E-state index contributed by atoms with van der Waals surface area (Å²) >= 11 is 0. The summed E-state index contributed by atoms with van der Waals surface area (Å²) < 4.78 is 30.9. The summed E-state index contributed by atoms with van der Waals surface area (Å²) in [5.74, 6) is -1.01. The van der Waals surface area contributed by atoms with Gasteiger partial charge in [-0.1, -0.05) is 13.3 Å². The van der Waals surface area contributed by atoms with Gasteiger partial charge in [0, 0.05) is 30.8 Å². The molecule has 0 amide bonds. The largest absolute Gasteiger partial charge is 0.492 e. The molecule has 0 aromatic heterocycles. The molecule has 1 N–H and O–H groups in total. The molecule has 1 aromatic rings. The van der Waals surface area contributed by atoms with Crippen molar-refractivity contribution in [2.75, 3.05) is 13.2 Å². The van der Waals surface area contributed by atoms with Gasteiger partial charge in [0.1, 0.15) is 24.0 Å². The third kappa shape index (κ3) is 5.63. The minimum absolute atomic E-state index is 0.229. The van der Waals surface area contributed by atoms with Crippen LogP contribution in [0.15, 0.2) is 18.2 Å². The van der Waals surface area contributed by atoms with Crippen LogP contribution in [0.5, 0.6) is 5.75 Å². The highest BCUT2D eigenvalue weighted by Gasteiger charge is 2.02. The average molecular weight is 243 g/mol. The molecule has 0 saturated carbocycles. The van der Waals surface area contributed by atoms with Crippen LogP contribution in [0.25, 0.3) is 0 Å². The standard InChI is InChI=1S/C13H19F2NO/c1-3-4-10(2)16-5-6-17-13-8-11(14)7-12(15)9-13/h7-10,16H,3-6H2,1-2H3. The van der Waals surface area contributed by atoms with Gasteiger partial charge in [0.25, 0.3) is 0 Å². The molecule has 17 heavy (non-hydrogen) atoms. The van der Waals surface area contributed by atoms with Crippen LogP contribution in [-0.4, -0.2) is 19.2 Å². The van der Waals surface area contributed by atoms with Crippen molar-refractivity contribution in [3.05, 3.63) is 29.8 Å². The fraction of sp³-hybridized carbons (Fsp3) is 0.538. The number of hydrogen-bond acceptors (Lipinski definition) is 2. The monoisotopic (exact) mass is 243 g/mol. The first-order chi connectivity index (χ1) is 8.11. The van der Waals surface area contributed by atoms with Crippen molar-refractivity contribution in [2.45, 2.75) is 32.7 Å². The second-order valence-electron chi connectivity index (χ2n) is 4.10. The van der Waals surface area contributed by atoms with Gasteiger partial charge in [-0.15, -0.1) is 0 Å². The average Bonchev–Trinajstić information content (AvgIpc) is 2.23. The maximum atomic E-state index is 12.8. The zero-order valence-electron chi connectivity index (χ0n) is 10.3. The Kier molecular flexibility index (Phi) is 5.91. The molecule has 0 radical (unpaired) electrons. The Morgan fingerprint density at radius 1 is 1.24 bits per heavy atom. The lowest BCUT2D eigenvalue weighted by atomic mass is 10.2. The van der Waals surface area contributed by atoms with Crippen LogP contribution in [0.1, 0.15) is 26.7 Å². The fourth-order valence-corrected chi connectivity index (χ4v) is 1.62. The minimum Gasteiger partial charge on any atom is -0.492 e. The van der Waals surface area contributed by atoms with Crippen molar-refractivity contribution in [2.24, 2.45) is 0 Å². The van der Waals surface area contributed by atoms with Gasteiger partial charge in [0.2, 0.25) is 0 Å². The Bertz CT molecular complexity index is 324. The maximum absolute atomic E-state index is 12.8. The van der Waals surface area contributed by atoms with Crippen LogP contribution in [0.4, 0.5) is 8.78 Å². The van der Waals surface area contributed by atoms with E-state index in [1.807, 2.05) is 0 Å². The molecule has 1 rings (SSSR count). The highest BCUT2D eigenvalue weighted by Crippen LogP contribution is 2.14. The Morgan fingerprint density at radius 3 is 2.47 bits per heavy atom. The third-order valence-electron chi connectivity index (χ3n) is 2.42. The molecular weight excluding hydrogens is 224 g/mol. The van der Waals surface area contributed by atoms with Gasteiger partial charge in [0.15, 0.2) is 0 Å². The molecule has 0 bridgehead atoms. The van der Waals surface area contributed by atoms with Crippen molar-refractivity contribution in [1.29, 1.82) is 0 Å². The Hall–Kier alpha value is -1.16. The predicted octanol–water partition coefficient (Wildman–Crippen LogP) is 3.12. The lowest BCUT2D eigenvalue weighted by Gasteiger charge is -2.13. The van der Waals surface area contributed by atoms with Crippen LogP contribution in [0, 0.1) is 11.6 Å². The van der Waals surface area contributed by atoms with E-state index in [4.69, 9.17) is 4.74 Å². The van der Waals surface area contributed by atoms with Gasteiger partial charge >= 0.3 is 0 Å². The summed E-state index contributed by atoms with van der Waals surface area (Å²) in [6.45, 7) is 5.30. The van der Waals surface area contributed by atoms with Gasteiger partial charge < -0.3 is 10.1 Å². The second-order valence-corrected chi connectivity index (χ2v) is 4.10. The molecule has 1 aromatic carbocycles. The first kappa shape index (κ1) is 13.9. The molecule has 0 fully saturated rings. The summed E-state index contributed by atoms with van der Waals surface area (Å²) in [6.07, 6.45) is 2.23. The summed E-state index contributed by atoms with van der Waals surface area (Å²) in [7, 11) is 0. The number of hydrogen-bond donors (Lipinski definition) is 1. The van der Waals surface area contributed by atoms with Crippen LogP contribution in [-0.2, 0) is 0 Å². The van der Waals surface area contributed by atoms with Crippen molar-refractivity contribution in [1.82, 2.24) is 5.32 Å². The highest BCUT2D eigenvalue weighted by molar-refractivity contribution is 5.23. The van der Waals surface area contributed by atoms with E-state index < -0.39 is 11.6 Å². The normalized spacial score (nSPS) is 12.5. The van der Waals surface area contributed by atoms with Crippen LogP contribution in [0.3, 0.4) is 0 Å². The molecule has 4 heteroatoms. The summed E-state index contributed by atoms with van der Waals surface area (Å²) in [5.41, 5.74) is 0. The Morgan fingerprint density at radius 2 is 1.88 bits per heavy atom. The van der Waals surface area contributed by atoms with Gasteiger partial charge in [-0.05, 0) is 13.3 Å². The lowest BCUT2D eigenvalue weighted by molar-refractivity contribution is 0.302. The maximum Gasteiger partial charge on any atom is 0.129 e. The summed E-state index contributed by atoms with van der Waals surface area (Å²) in [4.78, 5) is 0. The van der Waals surface area contributed by atoms with E-state index in [-0.39, 0.29) is 5.75 Å². The topological polar surface area (TPSA) is 21.3 Å². The molecule has 0 heterocycles. The Balaban J connectivity index is 2.26. The first-order valence-corrected chi connectivity index (χ1v) is 5.94. The minimum atomic E-state index is -0.618. The number of rotatable bonds is 7. The van der Waals surface area contributed by atoms with Crippen LogP contribution in [0.2, 0.25) is 0 Å². The molecule has 0 spiro atoms. The van der Waals surface area contributed by atoms with E-state index in [1.54, 1.807) is 0 Å². The van der Waals surface area contributed by atoms with E-state index in [0.29, 0.717) is 19.2 Å². The van der Waals surface area contributed by atoms with Gasteiger partial charge in [0.05, 0.1) is 0 Å². The molecule has 2 nitrogen and oxygen atoms in total. The molecule has 1 atom stereocenters. The van der Waals surface area contributed by atoms with E-state index in [0.717, 1.165) is 18.9 Å². The van der Waals surface area contributed by atoms with Crippen LogP contribution < -0.4 is 10.1 Å². The second kappa shape index (κ2) is 7.22. The number of halogens is 2. The zero-order chi connectivity index (χ0) is 12.7. The van der Waals surface area contributed by atoms with E-state index >= 15 is 0 Å². The quantitative estimate of drug-likeness (QED) is 0.743. The summed E-state index contributed by atoms with van der Waals surface area (Å²) in [5, 5.41) is 3.27.